The number of benzene rings is 3. The summed E-state index contributed by atoms with van der Waals surface area (Å²) in [5.41, 5.74) is 2.72. The lowest BCUT2D eigenvalue weighted by Gasteiger charge is -2.17. The molecule has 0 saturated heterocycles. The zero-order chi connectivity index (χ0) is 19.9. The second-order valence-corrected chi connectivity index (χ2v) is 6.27. The van der Waals surface area contributed by atoms with Crippen LogP contribution < -0.4 is 15.0 Å². The van der Waals surface area contributed by atoms with Gasteiger partial charge in [-0.05, 0) is 42.5 Å². The maximum absolute atomic E-state index is 12.6. The molecular weight excluding hydrogens is 352 g/mol. The Balaban J connectivity index is 1.65. The average molecular weight is 374 g/mol. The van der Waals surface area contributed by atoms with E-state index in [1.165, 1.54) is 0 Å². The van der Waals surface area contributed by atoms with Crippen molar-refractivity contribution in [1.82, 2.24) is 5.32 Å². The van der Waals surface area contributed by atoms with Gasteiger partial charge in [-0.15, -0.1) is 0 Å². The van der Waals surface area contributed by atoms with E-state index in [0.29, 0.717) is 17.7 Å². The predicted molar refractivity (Wildman–Crippen MR) is 110 cm³/mol. The molecule has 0 spiro atoms. The van der Waals surface area contributed by atoms with Crippen molar-refractivity contribution in [1.29, 1.82) is 0 Å². The summed E-state index contributed by atoms with van der Waals surface area (Å²) in [6.07, 6.45) is 0. The van der Waals surface area contributed by atoms with E-state index in [4.69, 9.17) is 4.74 Å². The lowest BCUT2D eigenvalue weighted by molar-refractivity contribution is 0.0947. The van der Waals surface area contributed by atoms with Gasteiger partial charge in [-0.1, -0.05) is 36.4 Å². The summed E-state index contributed by atoms with van der Waals surface area (Å²) in [5.74, 6) is 0.390. The van der Waals surface area contributed by atoms with E-state index >= 15 is 0 Å². The first kappa shape index (κ1) is 19.2. The first-order valence-corrected chi connectivity index (χ1v) is 8.93. The van der Waals surface area contributed by atoms with Crippen LogP contribution >= 0.6 is 0 Å². The number of anilines is 1. The Hall–Kier alpha value is -3.60. The molecule has 0 unspecified atom stereocenters. The molecule has 2 amide bonds. The summed E-state index contributed by atoms with van der Waals surface area (Å²) >= 11 is 0. The normalized spacial score (nSPS) is 10.2. The molecule has 3 aromatic rings. The molecule has 0 fully saturated rings. The summed E-state index contributed by atoms with van der Waals surface area (Å²) in [6.45, 7) is 0.361. The Bertz CT molecular complexity index is 953. The number of methoxy groups -OCH3 is 1. The quantitative estimate of drug-likeness (QED) is 0.712. The lowest BCUT2D eigenvalue weighted by Crippen LogP contribution is -2.26. The topological polar surface area (TPSA) is 58.6 Å². The molecule has 5 heteroatoms. The van der Waals surface area contributed by atoms with Gasteiger partial charge < -0.3 is 15.0 Å². The molecule has 0 radical (unpaired) electrons. The van der Waals surface area contributed by atoms with Crippen molar-refractivity contribution >= 4 is 17.5 Å². The summed E-state index contributed by atoms with van der Waals surface area (Å²) < 4.78 is 5.29. The molecular formula is C23H22N2O3. The molecule has 0 aromatic heterocycles. The SMILES string of the molecule is COc1ccccc1CNC(=O)c1ccc(C(=O)N(C)c2ccccc2)cc1. The minimum Gasteiger partial charge on any atom is -0.496 e. The van der Waals surface area contributed by atoms with E-state index in [1.807, 2.05) is 54.6 Å². The fraction of sp³-hybridized carbons (Fsp3) is 0.130. The molecule has 0 aliphatic carbocycles. The van der Waals surface area contributed by atoms with Gasteiger partial charge in [-0.25, -0.2) is 0 Å². The molecule has 0 aliphatic heterocycles. The zero-order valence-electron chi connectivity index (χ0n) is 15.9. The lowest BCUT2D eigenvalue weighted by atomic mass is 10.1. The van der Waals surface area contributed by atoms with Crippen LogP contribution in [0.3, 0.4) is 0 Å². The van der Waals surface area contributed by atoms with Gasteiger partial charge in [0.25, 0.3) is 11.8 Å². The summed E-state index contributed by atoms with van der Waals surface area (Å²) in [7, 11) is 3.33. The Kier molecular flexibility index (Phi) is 6.07. The minimum atomic E-state index is -0.207. The van der Waals surface area contributed by atoms with E-state index in [9.17, 15) is 9.59 Å². The first-order valence-electron chi connectivity index (χ1n) is 8.93. The fourth-order valence-electron chi connectivity index (χ4n) is 2.85. The number of amides is 2. The van der Waals surface area contributed by atoms with Gasteiger partial charge in [0, 0.05) is 36.0 Å². The van der Waals surface area contributed by atoms with Crippen molar-refractivity contribution in [2.75, 3.05) is 19.1 Å². The number of nitrogens with one attached hydrogen (secondary N) is 1. The monoisotopic (exact) mass is 374 g/mol. The molecule has 5 nitrogen and oxygen atoms in total. The van der Waals surface area contributed by atoms with Gasteiger partial charge in [-0.3, -0.25) is 9.59 Å². The molecule has 0 heterocycles. The molecule has 0 bridgehead atoms. The smallest absolute Gasteiger partial charge is 0.258 e. The maximum atomic E-state index is 12.6. The van der Waals surface area contributed by atoms with Gasteiger partial charge in [0.15, 0.2) is 0 Å². The van der Waals surface area contributed by atoms with E-state index in [2.05, 4.69) is 5.32 Å². The molecule has 1 N–H and O–H groups in total. The number of hydrogen-bond acceptors (Lipinski definition) is 3. The van der Waals surface area contributed by atoms with Crippen LogP contribution in [0.4, 0.5) is 5.69 Å². The molecule has 142 valence electrons. The highest BCUT2D eigenvalue weighted by Gasteiger charge is 2.14. The number of nitrogens with zero attached hydrogens (tertiary/aromatic N) is 1. The second kappa shape index (κ2) is 8.86. The van der Waals surface area contributed by atoms with Crippen molar-refractivity contribution < 1.29 is 14.3 Å². The maximum Gasteiger partial charge on any atom is 0.258 e. The van der Waals surface area contributed by atoms with E-state index in [0.717, 1.165) is 17.0 Å². The van der Waals surface area contributed by atoms with Crippen molar-refractivity contribution in [3.05, 3.63) is 95.6 Å². The molecule has 3 aromatic carbocycles. The minimum absolute atomic E-state index is 0.132. The van der Waals surface area contributed by atoms with Gasteiger partial charge in [0.1, 0.15) is 5.75 Å². The van der Waals surface area contributed by atoms with Crippen molar-refractivity contribution in [2.45, 2.75) is 6.54 Å². The largest absolute Gasteiger partial charge is 0.496 e. The summed E-state index contributed by atoms with van der Waals surface area (Å²) in [6, 6.07) is 23.6. The number of rotatable bonds is 6. The average Bonchev–Trinajstić information content (AvgIpc) is 2.77. The number of para-hydroxylation sites is 2. The van der Waals surface area contributed by atoms with Gasteiger partial charge in [-0.2, -0.15) is 0 Å². The predicted octanol–water partition coefficient (Wildman–Crippen LogP) is 3.90. The van der Waals surface area contributed by atoms with E-state index < -0.39 is 0 Å². The van der Waals surface area contributed by atoms with Crippen molar-refractivity contribution in [2.24, 2.45) is 0 Å². The van der Waals surface area contributed by atoms with Crippen LogP contribution in [0.15, 0.2) is 78.9 Å². The fourth-order valence-corrected chi connectivity index (χ4v) is 2.85. The van der Waals surface area contributed by atoms with Gasteiger partial charge in [0.05, 0.1) is 7.11 Å². The number of carbonyl (C=O) groups is 2. The first-order chi connectivity index (χ1) is 13.6. The molecule has 0 atom stereocenters. The highest BCUT2D eigenvalue weighted by atomic mass is 16.5. The van der Waals surface area contributed by atoms with Gasteiger partial charge >= 0.3 is 0 Å². The Morgan fingerprint density at radius 1 is 0.857 bits per heavy atom. The molecule has 28 heavy (non-hydrogen) atoms. The van der Waals surface area contributed by atoms with Crippen LogP contribution in [0.1, 0.15) is 26.3 Å². The third-order valence-corrected chi connectivity index (χ3v) is 4.47. The van der Waals surface area contributed by atoms with Crippen LogP contribution in [0.5, 0.6) is 5.75 Å². The molecule has 0 aliphatic rings. The van der Waals surface area contributed by atoms with Crippen LogP contribution in [0, 0.1) is 0 Å². The number of carbonyl (C=O) groups excluding carboxylic acids is 2. The third kappa shape index (κ3) is 4.38. The van der Waals surface area contributed by atoms with E-state index in [1.54, 1.807) is 43.3 Å². The van der Waals surface area contributed by atoms with Crippen LogP contribution in [0.25, 0.3) is 0 Å². The molecule has 3 rings (SSSR count). The third-order valence-electron chi connectivity index (χ3n) is 4.47. The molecule has 0 saturated carbocycles. The van der Waals surface area contributed by atoms with Crippen molar-refractivity contribution in [3.8, 4) is 5.75 Å². The second-order valence-electron chi connectivity index (χ2n) is 6.27. The summed E-state index contributed by atoms with van der Waals surface area (Å²) in [4.78, 5) is 26.6. The van der Waals surface area contributed by atoms with Crippen molar-refractivity contribution in [3.63, 3.8) is 0 Å². The Labute approximate surface area is 164 Å². The standard InChI is InChI=1S/C23H22N2O3/c1-25(20-9-4-3-5-10-20)23(27)18-14-12-17(13-15-18)22(26)24-16-19-8-6-7-11-21(19)28-2/h3-15H,16H2,1-2H3,(H,24,26). The van der Waals surface area contributed by atoms with Crippen LogP contribution in [-0.2, 0) is 6.54 Å². The van der Waals surface area contributed by atoms with E-state index in [-0.39, 0.29) is 11.8 Å². The summed E-state index contributed by atoms with van der Waals surface area (Å²) in [5, 5.41) is 2.87. The van der Waals surface area contributed by atoms with Gasteiger partial charge in [0.2, 0.25) is 0 Å². The number of ether oxygens (including phenoxy) is 1. The van der Waals surface area contributed by atoms with Crippen LogP contribution in [0.2, 0.25) is 0 Å². The highest BCUT2D eigenvalue weighted by molar-refractivity contribution is 6.06. The highest BCUT2D eigenvalue weighted by Crippen LogP contribution is 2.18. The zero-order valence-corrected chi connectivity index (χ0v) is 15.9. The van der Waals surface area contributed by atoms with Crippen LogP contribution in [-0.4, -0.2) is 26.0 Å². The Morgan fingerprint density at radius 3 is 2.14 bits per heavy atom. The number of hydrogen-bond donors (Lipinski definition) is 1. The Morgan fingerprint density at radius 2 is 1.46 bits per heavy atom.